The summed E-state index contributed by atoms with van der Waals surface area (Å²) in [5.74, 6) is 0.254. The first kappa shape index (κ1) is 52.4. The molecule has 4 N–H and O–H groups in total. The van der Waals surface area contributed by atoms with Crippen LogP contribution in [0.3, 0.4) is 0 Å². The maximum atomic E-state index is 10.5. The summed E-state index contributed by atoms with van der Waals surface area (Å²) in [5, 5.41) is 62.5. The van der Waals surface area contributed by atoms with Gasteiger partial charge in [0.25, 0.3) is 0 Å². The number of phenols is 4. The number of nitrogens with zero attached hydrogens (tertiary/aromatic N) is 4. The van der Waals surface area contributed by atoms with Gasteiger partial charge in [-0.15, -0.1) is 20.5 Å². The fraction of sp³-hybridized carbons (Fsp3) is 0.429. The number of azo groups is 2. The third-order valence-corrected chi connectivity index (χ3v) is 11.6. The molecule has 8 nitrogen and oxygen atoms in total. The van der Waals surface area contributed by atoms with Gasteiger partial charge in [-0.1, -0.05) is 171 Å². The summed E-state index contributed by atoms with van der Waals surface area (Å²) in [6.07, 6.45) is 2.11. The van der Waals surface area contributed by atoms with Crippen LogP contribution in [0.1, 0.15) is 146 Å². The zero-order chi connectivity index (χ0) is 47.8. The Morgan fingerprint density at radius 2 is 0.662 bits per heavy atom. The first-order valence-electron chi connectivity index (χ1n) is 22.4. The van der Waals surface area contributed by atoms with E-state index in [0.717, 1.165) is 45.5 Å². The van der Waals surface area contributed by atoms with Gasteiger partial charge in [-0.25, -0.2) is 0 Å². The molecule has 0 fully saturated rings. The number of aromatic hydroxyl groups is 4. The third kappa shape index (κ3) is 13.4. The van der Waals surface area contributed by atoms with Gasteiger partial charge in [-0.3, -0.25) is 0 Å². The van der Waals surface area contributed by atoms with Gasteiger partial charge >= 0.3 is 0 Å². The van der Waals surface area contributed by atoms with E-state index in [-0.39, 0.29) is 72.6 Å². The molecule has 6 aromatic rings. The molecule has 0 aliphatic carbocycles. The normalized spacial score (nSPS) is 13.0. The zero-order valence-electron chi connectivity index (χ0n) is 41.6. The monoisotopic (exact) mass is 920 g/mol. The van der Waals surface area contributed by atoms with Gasteiger partial charge in [0.1, 0.15) is 45.7 Å². The van der Waals surface area contributed by atoms with Gasteiger partial charge in [0.05, 0.1) is 0 Å². The fourth-order valence-electron chi connectivity index (χ4n) is 8.86. The van der Waals surface area contributed by atoms with Gasteiger partial charge in [0, 0.05) is 27.8 Å². The largest absolute Gasteiger partial charge is 0.506 e. The summed E-state index contributed by atoms with van der Waals surface area (Å²) in [5.41, 5.74) is 6.52. The number of phenolic OH excluding ortho intramolecular Hbond substituents is 4. The van der Waals surface area contributed by atoms with Crippen LogP contribution in [-0.2, 0) is 38.7 Å². The summed E-state index contributed by atoms with van der Waals surface area (Å²) in [6, 6.07) is 30.5. The molecule has 348 valence electrons. The van der Waals surface area contributed by atoms with Crippen LogP contribution < -0.4 is 0 Å². The minimum atomic E-state index is -0.0736. The van der Waals surface area contributed by atoms with Gasteiger partial charge in [0.2, 0.25) is 0 Å². The molecule has 0 radical (unpaired) electrons. The van der Waals surface area contributed by atoms with E-state index in [1.165, 1.54) is 11.1 Å². The van der Waals surface area contributed by atoms with Crippen LogP contribution in [0.5, 0.6) is 23.0 Å². The summed E-state index contributed by atoms with van der Waals surface area (Å²) in [7, 11) is 0. The molecule has 0 saturated heterocycles. The van der Waals surface area contributed by atoms with Crippen molar-refractivity contribution in [1.82, 2.24) is 0 Å². The average Bonchev–Trinajstić information content (AvgIpc) is 3.15. The molecular formula is C56H72FeN4O4. The van der Waals surface area contributed by atoms with Crippen molar-refractivity contribution in [3.63, 3.8) is 0 Å². The van der Waals surface area contributed by atoms with Crippen molar-refractivity contribution in [2.75, 3.05) is 0 Å². The quantitative estimate of drug-likeness (QED) is 0.0894. The standard InChI is InChI=1S/2C28H36N2O2.Fe/c2*1-26(2,3)17-28(7,8)20-10-12-21-18(15-20)9-13-24(32)25(21)30-29-22-16-19(27(4,5)6)11-14-23(22)31;/h2*9-16,31-32H,17H2,1-8H3;. The van der Waals surface area contributed by atoms with Crippen molar-refractivity contribution < 1.29 is 37.5 Å². The van der Waals surface area contributed by atoms with Crippen molar-refractivity contribution in [3.8, 4) is 23.0 Å². The SMILES string of the molecule is CC(C)(C)CC(C)(C)c1ccc2c(N=Nc3cc(C(C)(C)C)ccc3O)c(O)ccc2c1.CC(C)(C)CC(C)(C)c1ccc2c(N=Nc3cc(C(C)(C)C)ccc3O)c(O)ccc2c1.[Fe]. The molecule has 0 spiro atoms. The third-order valence-electron chi connectivity index (χ3n) is 11.6. The first-order valence-corrected chi connectivity index (χ1v) is 22.4. The molecule has 0 heterocycles. The van der Waals surface area contributed by atoms with Crippen LogP contribution in [0.25, 0.3) is 21.5 Å². The number of hydrogen-bond acceptors (Lipinski definition) is 8. The Balaban J connectivity index is 0.000000280. The smallest absolute Gasteiger partial charge is 0.143 e. The predicted molar refractivity (Wildman–Crippen MR) is 267 cm³/mol. The van der Waals surface area contributed by atoms with Gasteiger partial charge in [-0.05, 0) is 115 Å². The molecular weight excluding hydrogens is 848 g/mol. The molecule has 0 saturated carbocycles. The Bertz CT molecular complexity index is 2520. The minimum absolute atomic E-state index is 0. The van der Waals surface area contributed by atoms with Crippen molar-refractivity contribution in [2.24, 2.45) is 31.3 Å². The molecule has 0 aliphatic heterocycles. The van der Waals surface area contributed by atoms with Crippen LogP contribution in [0, 0.1) is 10.8 Å². The Kier molecular flexibility index (Phi) is 15.6. The average molecular weight is 921 g/mol. The molecule has 6 rings (SSSR count). The van der Waals surface area contributed by atoms with E-state index in [0.29, 0.717) is 22.7 Å². The van der Waals surface area contributed by atoms with E-state index in [4.69, 9.17) is 0 Å². The molecule has 9 heteroatoms. The zero-order valence-corrected chi connectivity index (χ0v) is 42.7. The predicted octanol–water partition coefficient (Wildman–Crippen LogP) is 17.4. The van der Waals surface area contributed by atoms with E-state index in [1.54, 1.807) is 24.3 Å². The molecule has 0 bridgehead atoms. The van der Waals surface area contributed by atoms with Gasteiger partial charge in [0.15, 0.2) is 0 Å². The summed E-state index contributed by atoms with van der Waals surface area (Å²) in [6.45, 7) is 35.3. The van der Waals surface area contributed by atoms with Gasteiger partial charge < -0.3 is 20.4 Å². The van der Waals surface area contributed by atoms with Crippen molar-refractivity contribution in [2.45, 2.75) is 145 Å². The van der Waals surface area contributed by atoms with Crippen LogP contribution >= 0.6 is 0 Å². The van der Waals surface area contributed by atoms with Crippen molar-refractivity contribution >= 4 is 44.3 Å². The fourth-order valence-corrected chi connectivity index (χ4v) is 8.86. The molecule has 0 unspecified atom stereocenters. The second-order valence-electron chi connectivity index (χ2n) is 23.3. The number of rotatable bonds is 8. The van der Waals surface area contributed by atoms with Crippen molar-refractivity contribution in [3.05, 3.63) is 119 Å². The van der Waals surface area contributed by atoms with E-state index in [9.17, 15) is 20.4 Å². The Morgan fingerprint density at radius 1 is 0.354 bits per heavy atom. The second kappa shape index (κ2) is 19.3. The Morgan fingerprint density at radius 3 is 0.969 bits per heavy atom. The number of hydrogen-bond donors (Lipinski definition) is 4. The number of fused-ring (bicyclic) bond motifs is 2. The molecule has 0 aliphatic rings. The van der Waals surface area contributed by atoms with Crippen LogP contribution in [0.2, 0.25) is 0 Å². The van der Waals surface area contributed by atoms with E-state index in [1.807, 2.05) is 48.5 Å². The van der Waals surface area contributed by atoms with Gasteiger partial charge in [-0.2, -0.15) is 0 Å². The maximum Gasteiger partial charge on any atom is 0.143 e. The molecule has 0 aromatic heterocycles. The molecule has 6 aromatic carbocycles. The molecule has 65 heavy (non-hydrogen) atoms. The summed E-state index contributed by atoms with van der Waals surface area (Å²) in [4.78, 5) is 0. The van der Waals surface area contributed by atoms with E-state index in [2.05, 4.69) is 156 Å². The summed E-state index contributed by atoms with van der Waals surface area (Å²) >= 11 is 0. The Labute approximate surface area is 398 Å². The minimum Gasteiger partial charge on any atom is -0.506 e. The Hall–Kier alpha value is -5.24. The van der Waals surface area contributed by atoms with Crippen LogP contribution in [-0.4, -0.2) is 20.4 Å². The van der Waals surface area contributed by atoms with Crippen molar-refractivity contribution in [1.29, 1.82) is 0 Å². The number of benzene rings is 6. The summed E-state index contributed by atoms with van der Waals surface area (Å²) < 4.78 is 0. The molecule has 0 amide bonds. The molecule has 0 atom stereocenters. The van der Waals surface area contributed by atoms with Crippen LogP contribution in [0.4, 0.5) is 22.7 Å². The topological polar surface area (TPSA) is 130 Å². The van der Waals surface area contributed by atoms with E-state index < -0.39 is 0 Å². The maximum absolute atomic E-state index is 10.5. The second-order valence-corrected chi connectivity index (χ2v) is 23.3. The first-order chi connectivity index (χ1) is 29.3. The van der Waals surface area contributed by atoms with Crippen LogP contribution in [0.15, 0.2) is 118 Å². The van der Waals surface area contributed by atoms with E-state index >= 15 is 0 Å².